The van der Waals surface area contributed by atoms with Crippen LogP contribution in [0.2, 0.25) is 0 Å². The highest BCUT2D eigenvalue weighted by atomic mass is 32.1. The van der Waals surface area contributed by atoms with Crippen molar-refractivity contribution in [3.63, 3.8) is 0 Å². The zero-order valence-corrected chi connectivity index (χ0v) is 28.0. The lowest BCUT2D eigenvalue weighted by molar-refractivity contribution is -0.133. The molecular formula is C33H43N5O7S. The van der Waals surface area contributed by atoms with Crippen molar-refractivity contribution in [3.05, 3.63) is 58.3 Å². The summed E-state index contributed by atoms with van der Waals surface area (Å²) in [4.78, 5) is 55.2. The molecule has 0 fully saturated rings. The van der Waals surface area contributed by atoms with Gasteiger partial charge in [0.15, 0.2) is 11.8 Å². The number of anilines is 1. The topological polar surface area (TPSA) is 162 Å². The van der Waals surface area contributed by atoms with E-state index < -0.39 is 41.1 Å². The Morgan fingerprint density at radius 1 is 1.04 bits per heavy atom. The molecule has 2 aromatic heterocycles. The van der Waals surface area contributed by atoms with E-state index in [0.717, 1.165) is 11.1 Å². The molecule has 46 heavy (non-hydrogen) atoms. The lowest BCUT2D eigenvalue weighted by atomic mass is 9.94. The summed E-state index contributed by atoms with van der Waals surface area (Å²) in [5.41, 5.74) is 0.348. The van der Waals surface area contributed by atoms with E-state index in [2.05, 4.69) is 16.0 Å². The van der Waals surface area contributed by atoms with Gasteiger partial charge in [0.1, 0.15) is 23.2 Å². The van der Waals surface area contributed by atoms with Crippen LogP contribution < -0.4 is 20.9 Å². The molecule has 0 radical (unpaired) electrons. The first-order valence-electron chi connectivity index (χ1n) is 15.1. The Kier molecular flexibility index (Phi) is 10.0. The number of nitrogens with one attached hydrogen (secondary N) is 3. The van der Waals surface area contributed by atoms with Crippen molar-refractivity contribution in [2.24, 2.45) is 5.92 Å². The van der Waals surface area contributed by atoms with E-state index in [1.807, 2.05) is 36.7 Å². The molecule has 1 unspecified atom stereocenters. The summed E-state index contributed by atoms with van der Waals surface area (Å²) < 4.78 is 6.55. The third kappa shape index (κ3) is 8.00. The van der Waals surface area contributed by atoms with Crippen molar-refractivity contribution in [1.29, 1.82) is 0 Å². The van der Waals surface area contributed by atoms with E-state index in [1.165, 1.54) is 41.9 Å². The number of rotatable bonds is 10. The Labute approximate surface area is 272 Å². The minimum atomic E-state index is -1.40. The molecule has 5 N–H and O–H groups in total. The quantitative estimate of drug-likeness (QED) is 0.217. The average Bonchev–Trinajstić information content (AvgIpc) is 3.57. The van der Waals surface area contributed by atoms with E-state index in [1.54, 1.807) is 37.8 Å². The first-order valence-corrected chi connectivity index (χ1v) is 16.1. The highest BCUT2D eigenvalue weighted by Crippen LogP contribution is 2.39. The van der Waals surface area contributed by atoms with Gasteiger partial charge in [-0.1, -0.05) is 26.0 Å². The summed E-state index contributed by atoms with van der Waals surface area (Å²) in [7, 11) is 0. The number of hydrogen-bond acceptors (Lipinski definition) is 8. The largest absolute Gasteiger partial charge is 0.494 e. The van der Waals surface area contributed by atoms with Crippen molar-refractivity contribution < 1.29 is 34.1 Å². The summed E-state index contributed by atoms with van der Waals surface area (Å²) >= 11 is 1.48. The number of thiophene rings is 1. The summed E-state index contributed by atoms with van der Waals surface area (Å²) in [5.74, 6) is -1.88. The van der Waals surface area contributed by atoms with E-state index in [-0.39, 0.29) is 43.0 Å². The zero-order chi connectivity index (χ0) is 34.0. The predicted octanol–water partition coefficient (Wildman–Crippen LogP) is 4.36. The highest BCUT2D eigenvalue weighted by molar-refractivity contribution is 7.07. The maximum atomic E-state index is 14.1. The van der Waals surface area contributed by atoms with Gasteiger partial charge in [0.25, 0.3) is 0 Å². The van der Waals surface area contributed by atoms with E-state index in [0.29, 0.717) is 11.4 Å². The minimum Gasteiger partial charge on any atom is -0.494 e. The van der Waals surface area contributed by atoms with Crippen molar-refractivity contribution in [3.8, 4) is 17.4 Å². The molecule has 3 aromatic rings. The second kappa shape index (κ2) is 13.5. The van der Waals surface area contributed by atoms with E-state index in [9.17, 15) is 29.4 Å². The number of fused-ring (bicyclic) bond motifs is 1. The van der Waals surface area contributed by atoms with Gasteiger partial charge in [-0.25, -0.2) is 9.36 Å². The van der Waals surface area contributed by atoms with Gasteiger partial charge in [-0.05, 0) is 81.0 Å². The van der Waals surface area contributed by atoms with Crippen LogP contribution in [0.4, 0.5) is 10.5 Å². The smallest absolute Gasteiger partial charge is 0.408 e. The first kappa shape index (κ1) is 34.4. The van der Waals surface area contributed by atoms with Crippen LogP contribution in [0, 0.1) is 5.92 Å². The molecule has 4 amide bonds. The molecule has 0 aliphatic carbocycles. The van der Waals surface area contributed by atoms with E-state index >= 15 is 0 Å². The molecule has 2 atom stereocenters. The lowest BCUT2D eigenvalue weighted by Gasteiger charge is -2.37. The molecule has 4 rings (SSSR count). The third-order valence-corrected chi connectivity index (χ3v) is 8.12. The zero-order valence-electron chi connectivity index (χ0n) is 27.2. The number of hydrogen-bond donors (Lipinski definition) is 5. The molecule has 1 aromatic carbocycles. The SMILES string of the molecule is CC(C)C[C@@H](NC(=O)C(C)(C)NC(=O)OC(C)(C)C)C(=O)NC1Cc2cccc(-n3c(O)ccc3O)c2N(Cc2ccsc2)C1=O. The fourth-order valence-corrected chi connectivity index (χ4v) is 5.93. The monoisotopic (exact) mass is 653 g/mol. The number of amides is 4. The maximum Gasteiger partial charge on any atom is 0.408 e. The van der Waals surface area contributed by atoms with Gasteiger partial charge >= 0.3 is 6.09 Å². The molecular weight excluding hydrogens is 610 g/mol. The summed E-state index contributed by atoms with van der Waals surface area (Å²) in [6, 6.07) is 7.96. The van der Waals surface area contributed by atoms with Gasteiger partial charge in [-0.2, -0.15) is 11.3 Å². The molecule has 13 heteroatoms. The highest BCUT2D eigenvalue weighted by Gasteiger charge is 2.39. The molecule has 12 nitrogen and oxygen atoms in total. The van der Waals surface area contributed by atoms with Crippen molar-refractivity contribution in [1.82, 2.24) is 20.5 Å². The van der Waals surface area contributed by atoms with Crippen LogP contribution in [0.15, 0.2) is 47.2 Å². The second-order valence-electron chi connectivity index (χ2n) is 13.4. The van der Waals surface area contributed by atoms with Crippen LogP contribution in [0.1, 0.15) is 66.0 Å². The van der Waals surface area contributed by atoms with Gasteiger partial charge in [-0.3, -0.25) is 14.4 Å². The second-order valence-corrected chi connectivity index (χ2v) is 14.2. The molecule has 0 saturated heterocycles. The number of alkyl carbamates (subject to hydrolysis) is 1. The van der Waals surface area contributed by atoms with Crippen LogP contribution in [-0.2, 0) is 32.1 Å². The molecule has 1 aliphatic rings. The fourth-order valence-electron chi connectivity index (χ4n) is 5.27. The summed E-state index contributed by atoms with van der Waals surface area (Å²) in [6.07, 6.45) is -0.340. The lowest BCUT2D eigenvalue weighted by Crippen LogP contribution is -2.61. The Balaban J connectivity index is 1.60. The Hall–Kier alpha value is -4.52. The Morgan fingerprint density at radius 2 is 1.72 bits per heavy atom. The number of aromatic nitrogens is 1. The predicted molar refractivity (Wildman–Crippen MR) is 175 cm³/mol. The maximum absolute atomic E-state index is 14.1. The number of para-hydroxylation sites is 1. The van der Waals surface area contributed by atoms with Crippen LogP contribution in [0.5, 0.6) is 11.8 Å². The van der Waals surface area contributed by atoms with Gasteiger partial charge in [-0.15, -0.1) is 0 Å². The van der Waals surface area contributed by atoms with Gasteiger partial charge < -0.3 is 35.8 Å². The minimum absolute atomic E-state index is 0.0142. The number of carbonyl (C=O) groups excluding carboxylic acids is 4. The van der Waals surface area contributed by atoms with Crippen molar-refractivity contribution in [2.75, 3.05) is 4.90 Å². The number of ether oxygens (including phenoxy) is 1. The molecule has 1 aliphatic heterocycles. The van der Waals surface area contributed by atoms with Gasteiger partial charge in [0, 0.05) is 18.6 Å². The normalized spacial score (nSPS) is 15.7. The average molecular weight is 654 g/mol. The third-order valence-electron chi connectivity index (χ3n) is 7.38. The molecule has 3 heterocycles. The molecule has 0 spiro atoms. The number of carbonyl (C=O) groups is 4. The standard InChI is InChI=1S/C33H43N5O7S/c1-19(2)15-22(35-30(43)33(6,7)36-31(44)45-32(3,4)5)28(41)34-23-16-21-9-8-10-24(38-25(39)11-12-26(38)40)27(21)37(29(23)42)17-20-13-14-46-18-20/h8-14,18-19,22-23,39-40H,15-17H2,1-7H3,(H,34,41)(H,35,43)(H,36,44)/t22-,23?/m1/s1. The van der Waals surface area contributed by atoms with Crippen molar-refractivity contribution >= 4 is 40.8 Å². The fraction of sp³-hybridized carbons (Fsp3) is 0.455. The number of aromatic hydroxyl groups is 2. The summed E-state index contributed by atoms with van der Waals surface area (Å²) in [5, 5.41) is 33.0. The summed E-state index contributed by atoms with van der Waals surface area (Å²) in [6.45, 7) is 12.2. The first-order chi connectivity index (χ1) is 21.5. The van der Waals surface area contributed by atoms with Gasteiger partial charge in [0.2, 0.25) is 17.7 Å². The molecule has 0 bridgehead atoms. The van der Waals surface area contributed by atoms with Crippen molar-refractivity contribution in [2.45, 2.75) is 91.1 Å². The Bertz CT molecular complexity index is 1570. The van der Waals surface area contributed by atoms with Gasteiger partial charge in [0.05, 0.1) is 17.9 Å². The van der Waals surface area contributed by atoms with Crippen LogP contribution in [0.3, 0.4) is 0 Å². The Morgan fingerprint density at radius 3 is 2.30 bits per heavy atom. The van der Waals surface area contributed by atoms with E-state index in [4.69, 9.17) is 4.74 Å². The van der Waals surface area contributed by atoms with Crippen LogP contribution >= 0.6 is 11.3 Å². The van der Waals surface area contributed by atoms with Crippen LogP contribution in [0.25, 0.3) is 5.69 Å². The number of nitrogens with zero attached hydrogens (tertiary/aromatic N) is 2. The number of benzene rings is 1. The molecule has 0 saturated carbocycles. The molecule has 248 valence electrons. The van der Waals surface area contributed by atoms with Crippen LogP contribution in [-0.4, -0.2) is 61.8 Å².